The second kappa shape index (κ2) is 56.3. The maximum absolute atomic E-state index is 11.7. The molecule has 1 unspecified atom stereocenters. The van der Waals surface area contributed by atoms with Gasteiger partial charge >= 0.3 is 5.97 Å². The van der Waals surface area contributed by atoms with Crippen molar-refractivity contribution in [1.82, 2.24) is 0 Å². The van der Waals surface area contributed by atoms with E-state index in [2.05, 4.69) is 33.6 Å². The van der Waals surface area contributed by atoms with Crippen molar-refractivity contribution in [3.63, 3.8) is 0 Å². The van der Waals surface area contributed by atoms with Crippen LogP contribution >= 0.6 is 11.8 Å². The standard InChI is InChI=1S/C22H42O3.C17H34O4S.C6H12O.C2H4O/c1-3-20(2)21(23)18-16-14-12-10-8-6-4-5-7-9-11-13-15-17-19-22(24)25;1-3-4-7-10-19-12-13-21-16-17(18)9-6-5-8-11-20-14-15-22-2;1-3-4-5-6(2)7;1-2-3/h20H,3-19H2,1-2H3,(H,24,25);3-16H2,1-2H3;3-5H2,1-2H3;2-3H,1H2. The first-order valence-electron chi connectivity index (χ1n) is 22.8. The highest BCUT2D eigenvalue weighted by Crippen LogP contribution is 2.15. The Kier molecular flexibility index (Phi) is 61.2. The van der Waals surface area contributed by atoms with Gasteiger partial charge < -0.3 is 29.2 Å². The first-order valence-corrected chi connectivity index (χ1v) is 24.2. The monoisotopic (exact) mass is 833 g/mol. The quantitative estimate of drug-likeness (QED) is 0.0453. The summed E-state index contributed by atoms with van der Waals surface area (Å²) in [6.07, 6.45) is 32.3. The van der Waals surface area contributed by atoms with E-state index >= 15 is 0 Å². The van der Waals surface area contributed by atoms with Crippen molar-refractivity contribution in [3.05, 3.63) is 12.8 Å². The lowest BCUT2D eigenvalue weighted by atomic mass is 9.98. The molecule has 0 spiro atoms. The van der Waals surface area contributed by atoms with Gasteiger partial charge in [0.25, 0.3) is 0 Å². The minimum Gasteiger partial charge on any atom is -0.516 e. The number of unbranched alkanes of at least 4 members (excludes halogenated alkanes) is 18. The van der Waals surface area contributed by atoms with E-state index in [9.17, 15) is 19.2 Å². The molecule has 340 valence electrons. The number of ketones is 3. The van der Waals surface area contributed by atoms with E-state index in [0.717, 1.165) is 109 Å². The minimum atomic E-state index is -0.667. The van der Waals surface area contributed by atoms with Gasteiger partial charge in [-0.15, -0.1) is 0 Å². The maximum atomic E-state index is 11.7. The van der Waals surface area contributed by atoms with Crippen LogP contribution in [0.3, 0.4) is 0 Å². The number of Topliss-reactive ketones (excluding diaryl/α,β-unsaturated/α-hetero) is 3. The van der Waals surface area contributed by atoms with Crippen LogP contribution in [0, 0.1) is 5.92 Å². The van der Waals surface area contributed by atoms with Gasteiger partial charge in [0.2, 0.25) is 0 Å². The molecular weight excluding hydrogens is 741 g/mol. The fraction of sp³-hybridized carbons (Fsp3) is 0.872. The van der Waals surface area contributed by atoms with Crippen molar-refractivity contribution in [1.29, 1.82) is 0 Å². The van der Waals surface area contributed by atoms with E-state index in [-0.39, 0.29) is 18.3 Å². The van der Waals surface area contributed by atoms with Gasteiger partial charge in [0.1, 0.15) is 18.2 Å². The molecule has 0 aliphatic carbocycles. The fourth-order valence-corrected chi connectivity index (χ4v) is 5.76. The van der Waals surface area contributed by atoms with Crippen molar-refractivity contribution in [2.75, 3.05) is 51.6 Å². The summed E-state index contributed by atoms with van der Waals surface area (Å²) in [4.78, 5) is 43.9. The first-order chi connectivity index (χ1) is 27.6. The van der Waals surface area contributed by atoms with Gasteiger partial charge in [0.05, 0.1) is 26.1 Å². The molecule has 0 rings (SSSR count). The first kappa shape index (κ1) is 61.9. The van der Waals surface area contributed by atoms with Gasteiger partial charge in [-0.3, -0.25) is 14.4 Å². The van der Waals surface area contributed by atoms with Gasteiger partial charge in [-0.1, -0.05) is 137 Å². The predicted octanol–water partition coefficient (Wildman–Crippen LogP) is 13.1. The van der Waals surface area contributed by atoms with Gasteiger partial charge in [0.15, 0.2) is 5.78 Å². The third-order valence-corrected chi connectivity index (χ3v) is 9.89. The average molecular weight is 833 g/mol. The fourth-order valence-electron chi connectivity index (χ4n) is 5.48. The number of carbonyl (C=O) groups excluding carboxylic acids is 3. The molecule has 57 heavy (non-hydrogen) atoms. The Balaban J connectivity index is -0.000000399. The zero-order valence-electron chi connectivity index (χ0n) is 38.1. The van der Waals surface area contributed by atoms with Crippen LogP contribution in [-0.4, -0.2) is 85.2 Å². The third kappa shape index (κ3) is 66.3. The second-order valence-electron chi connectivity index (χ2n) is 14.9. The number of hydrogen-bond donors (Lipinski definition) is 2. The number of carboxylic acids is 1. The summed E-state index contributed by atoms with van der Waals surface area (Å²) in [5.74, 6) is 1.59. The van der Waals surface area contributed by atoms with Crippen LogP contribution in [0.5, 0.6) is 0 Å². The topological polar surface area (TPSA) is 136 Å². The zero-order valence-corrected chi connectivity index (χ0v) is 38.9. The van der Waals surface area contributed by atoms with Crippen LogP contribution in [-0.2, 0) is 33.4 Å². The molecule has 0 amide bonds. The molecule has 0 fully saturated rings. The molecule has 9 nitrogen and oxygen atoms in total. The van der Waals surface area contributed by atoms with Gasteiger partial charge in [0, 0.05) is 50.6 Å². The number of thioether (sulfide) groups is 1. The van der Waals surface area contributed by atoms with Crippen LogP contribution in [0.15, 0.2) is 12.8 Å². The number of carboxylic acid groups (broad SMARTS) is 1. The Labute approximate surface area is 356 Å². The van der Waals surface area contributed by atoms with Crippen LogP contribution in [0.25, 0.3) is 0 Å². The Bertz CT molecular complexity index is 831. The molecule has 0 aliphatic rings. The van der Waals surface area contributed by atoms with E-state index in [1.807, 2.05) is 6.92 Å². The third-order valence-electron chi connectivity index (χ3n) is 9.31. The van der Waals surface area contributed by atoms with Crippen molar-refractivity contribution < 1.29 is 43.6 Å². The molecule has 0 aromatic rings. The van der Waals surface area contributed by atoms with Crippen LogP contribution in [0.2, 0.25) is 0 Å². The maximum Gasteiger partial charge on any atom is 0.303 e. The van der Waals surface area contributed by atoms with Gasteiger partial charge in [-0.05, 0) is 58.1 Å². The predicted molar refractivity (Wildman–Crippen MR) is 243 cm³/mol. The van der Waals surface area contributed by atoms with E-state index in [1.54, 1.807) is 18.7 Å². The summed E-state index contributed by atoms with van der Waals surface area (Å²) in [5, 5.41) is 15.9. The Hall–Kier alpha value is -1.75. The van der Waals surface area contributed by atoms with Crippen molar-refractivity contribution in [2.24, 2.45) is 5.92 Å². The molecule has 0 saturated carbocycles. The zero-order chi connectivity index (χ0) is 43.5. The SMILES string of the molecule is C=CO.CCC(C)C(=O)CCCCCCCCCCCCCCCCC(=O)O.CCCCC(C)=O.CCCCCOCCOCC(=O)CCCCCOCCSC. The van der Waals surface area contributed by atoms with Gasteiger partial charge in [-0.2, -0.15) is 11.8 Å². The van der Waals surface area contributed by atoms with Crippen LogP contribution < -0.4 is 0 Å². The largest absolute Gasteiger partial charge is 0.516 e. The molecule has 0 radical (unpaired) electrons. The highest BCUT2D eigenvalue weighted by molar-refractivity contribution is 7.98. The van der Waals surface area contributed by atoms with Gasteiger partial charge in [-0.25, -0.2) is 0 Å². The van der Waals surface area contributed by atoms with Crippen LogP contribution in [0.4, 0.5) is 0 Å². The van der Waals surface area contributed by atoms with Crippen molar-refractivity contribution in [3.8, 4) is 0 Å². The highest BCUT2D eigenvalue weighted by Gasteiger charge is 2.09. The second-order valence-corrected chi connectivity index (χ2v) is 15.9. The molecule has 0 bridgehead atoms. The lowest BCUT2D eigenvalue weighted by Crippen LogP contribution is -2.12. The van der Waals surface area contributed by atoms with Crippen LogP contribution in [0.1, 0.15) is 208 Å². The summed E-state index contributed by atoms with van der Waals surface area (Å²) in [6, 6.07) is 0. The number of carbonyl (C=O) groups is 4. The molecule has 0 aromatic carbocycles. The number of aliphatic hydroxyl groups is 1. The number of aliphatic carboxylic acids is 1. The Morgan fingerprint density at radius 1 is 0.579 bits per heavy atom. The van der Waals surface area contributed by atoms with Crippen molar-refractivity contribution in [2.45, 2.75) is 208 Å². The summed E-state index contributed by atoms with van der Waals surface area (Å²) in [6.45, 7) is 16.7. The summed E-state index contributed by atoms with van der Waals surface area (Å²) in [5.41, 5.74) is 0. The molecular formula is C47H92O9S. The number of aliphatic hydroxyl groups excluding tert-OH is 1. The molecule has 2 N–H and O–H groups in total. The average Bonchev–Trinajstić information content (AvgIpc) is 3.19. The lowest BCUT2D eigenvalue weighted by molar-refractivity contribution is -0.137. The number of ether oxygens (including phenoxy) is 3. The lowest BCUT2D eigenvalue weighted by Gasteiger charge is -2.07. The molecule has 1 atom stereocenters. The molecule has 10 heteroatoms. The Morgan fingerprint density at radius 3 is 1.44 bits per heavy atom. The smallest absolute Gasteiger partial charge is 0.303 e. The number of hydrogen-bond acceptors (Lipinski definition) is 9. The molecule has 0 heterocycles. The summed E-state index contributed by atoms with van der Waals surface area (Å²) < 4.78 is 16.2. The van der Waals surface area contributed by atoms with Crippen molar-refractivity contribution >= 4 is 35.1 Å². The summed E-state index contributed by atoms with van der Waals surface area (Å²) in [7, 11) is 0. The van der Waals surface area contributed by atoms with E-state index in [1.165, 1.54) is 83.5 Å². The number of rotatable bonds is 40. The Morgan fingerprint density at radius 2 is 1.00 bits per heavy atom. The van der Waals surface area contributed by atoms with E-state index in [4.69, 9.17) is 24.4 Å². The highest BCUT2D eigenvalue weighted by atomic mass is 32.2. The van der Waals surface area contributed by atoms with E-state index in [0.29, 0.717) is 37.6 Å². The van der Waals surface area contributed by atoms with E-state index < -0.39 is 5.97 Å². The molecule has 0 saturated heterocycles. The molecule has 0 aromatic heterocycles. The normalized spacial score (nSPS) is 10.9. The summed E-state index contributed by atoms with van der Waals surface area (Å²) >= 11 is 1.80. The minimum absolute atomic E-state index is 0.189. The molecule has 0 aliphatic heterocycles.